The van der Waals surface area contributed by atoms with Crippen LogP contribution < -0.4 is 5.32 Å². The average Bonchev–Trinajstić information content (AvgIpc) is 3.08. The van der Waals surface area contributed by atoms with Crippen LogP contribution in [0.15, 0.2) is 4.99 Å². The molecule has 0 bridgehead atoms. The average molecular weight is 367 g/mol. The first-order chi connectivity index (χ1) is 12.6. The maximum atomic E-state index is 11.9. The summed E-state index contributed by atoms with van der Waals surface area (Å²) in [5.41, 5.74) is 0. The van der Waals surface area contributed by atoms with Gasteiger partial charge in [-0.05, 0) is 39.0 Å². The third-order valence-corrected chi connectivity index (χ3v) is 5.41. The summed E-state index contributed by atoms with van der Waals surface area (Å²) in [6, 6.07) is 0.310. The maximum absolute atomic E-state index is 11.9. The fourth-order valence-corrected chi connectivity index (χ4v) is 3.91. The van der Waals surface area contributed by atoms with E-state index in [0.717, 1.165) is 64.2 Å². The zero-order chi connectivity index (χ0) is 18.9. The Morgan fingerprint density at radius 2 is 2.04 bits per heavy atom. The largest absolute Gasteiger partial charge is 0.466 e. The maximum Gasteiger partial charge on any atom is 0.309 e. The Kier molecular flexibility index (Phi) is 8.19. The predicted octanol–water partition coefficient (Wildman–Crippen LogP) is 1.63. The zero-order valence-corrected chi connectivity index (χ0v) is 16.5. The van der Waals surface area contributed by atoms with Crippen LogP contribution in [0.3, 0.4) is 0 Å². The number of ether oxygens (including phenoxy) is 1. The summed E-state index contributed by atoms with van der Waals surface area (Å²) in [6.45, 7) is 7.75. The van der Waals surface area contributed by atoms with Crippen molar-refractivity contribution in [2.45, 2.75) is 58.4 Å². The number of amides is 1. The van der Waals surface area contributed by atoms with Gasteiger partial charge in [-0.3, -0.25) is 14.6 Å². The smallest absolute Gasteiger partial charge is 0.309 e. The molecule has 0 aliphatic carbocycles. The molecule has 0 spiro atoms. The van der Waals surface area contributed by atoms with E-state index in [9.17, 15) is 9.59 Å². The van der Waals surface area contributed by atoms with E-state index in [4.69, 9.17) is 4.74 Å². The number of guanidine groups is 1. The molecule has 0 saturated carbocycles. The lowest BCUT2D eigenvalue weighted by molar-refractivity contribution is -0.149. The van der Waals surface area contributed by atoms with Gasteiger partial charge in [0.05, 0.1) is 12.5 Å². The predicted molar refractivity (Wildman–Crippen MR) is 102 cm³/mol. The number of rotatable bonds is 7. The monoisotopic (exact) mass is 366 g/mol. The molecular formula is C19H34N4O3. The van der Waals surface area contributed by atoms with Gasteiger partial charge in [-0.15, -0.1) is 0 Å². The summed E-state index contributed by atoms with van der Waals surface area (Å²) in [6.07, 6.45) is 5.21. The Hall–Kier alpha value is -1.79. The van der Waals surface area contributed by atoms with Crippen LogP contribution in [0.2, 0.25) is 0 Å². The third kappa shape index (κ3) is 5.35. The Labute approximate surface area is 157 Å². The summed E-state index contributed by atoms with van der Waals surface area (Å²) in [4.78, 5) is 32.4. The molecule has 1 atom stereocenters. The lowest BCUT2D eigenvalue weighted by Gasteiger charge is -2.34. The van der Waals surface area contributed by atoms with Crippen molar-refractivity contribution in [2.75, 3.05) is 39.8 Å². The normalized spacial score (nSPS) is 20.4. The topological polar surface area (TPSA) is 74.2 Å². The first kappa shape index (κ1) is 20.5. The van der Waals surface area contributed by atoms with Crippen molar-refractivity contribution in [2.24, 2.45) is 10.9 Å². The molecule has 2 heterocycles. The molecule has 1 unspecified atom stereocenters. The first-order valence-electron chi connectivity index (χ1n) is 10.0. The second-order valence-corrected chi connectivity index (χ2v) is 7.03. The number of aliphatic imine (C=N–C) groups is 1. The van der Waals surface area contributed by atoms with Gasteiger partial charge in [-0.1, -0.05) is 6.92 Å². The molecule has 2 fully saturated rings. The highest BCUT2D eigenvalue weighted by Crippen LogP contribution is 2.19. The molecule has 2 aliphatic rings. The van der Waals surface area contributed by atoms with Gasteiger partial charge in [0.1, 0.15) is 0 Å². The molecule has 2 saturated heterocycles. The van der Waals surface area contributed by atoms with Crippen molar-refractivity contribution in [1.29, 1.82) is 0 Å². The van der Waals surface area contributed by atoms with Crippen LogP contribution in [0, 0.1) is 5.92 Å². The minimum atomic E-state index is -0.0730. The molecule has 0 aromatic carbocycles. The van der Waals surface area contributed by atoms with Crippen molar-refractivity contribution in [1.82, 2.24) is 15.1 Å². The molecular weight excluding hydrogens is 332 g/mol. The van der Waals surface area contributed by atoms with Crippen LogP contribution in [0.1, 0.15) is 52.4 Å². The van der Waals surface area contributed by atoms with Crippen LogP contribution in [0.4, 0.5) is 0 Å². The van der Waals surface area contributed by atoms with E-state index < -0.39 is 0 Å². The minimum absolute atomic E-state index is 0.00922. The standard InChI is InChI=1S/C19H34N4O3/c1-4-16(23-12-6-7-17(23)24)8-11-21-19(20-3)22-13-9-15(10-14-22)18(25)26-5-2/h15-16H,4-14H2,1-3H3,(H,20,21). The van der Waals surface area contributed by atoms with Crippen molar-refractivity contribution in [3.05, 3.63) is 0 Å². The highest BCUT2D eigenvalue weighted by atomic mass is 16.5. The summed E-state index contributed by atoms with van der Waals surface area (Å²) in [7, 11) is 1.79. The van der Waals surface area contributed by atoms with Gasteiger partial charge in [0.15, 0.2) is 5.96 Å². The molecule has 2 aliphatic heterocycles. The lowest BCUT2D eigenvalue weighted by atomic mass is 9.97. The van der Waals surface area contributed by atoms with Gasteiger partial charge in [-0.25, -0.2) is 0 Å². The Morgan fingerprint density at radius 1 is 1.31 bits per heavy atom. The summed E-state index contributed by atoms with van der Waals surface area (Å²) in [5, 5.41) is 3.43. The lowest BCUT2D eigenvalue weighted by Crippen LogP contribution is -2.47. The first-order valence-corrected chi connectivity index (χ1v) is 10.0. The van der Waals surface area contributed by atoms with Crippen molar-refractivity contribution in [3.63, 3.8) is 0 Å². The molecule has 0 radical (unpaired) electrons. The number of likely N-dealkylation sites (tertiary alicyclic amines) is 2. The SMILES string of the molecule is CCOC(=O)C1CCN(C(=NC)NCCC(CC)N2CCCC2=O)CC1. The molecule has 7 nitrogen and oxygen atoms in total. The van der Waals surface area contributed by atoms with Crippen LogP contribution in [0.25, 0.3) is 0 Å². The molecule has 2 rings (SSSR count). The number of hydrogen-bond donors (Lipinski definition) is 1. The minimum Gasteiger partial charge on any atom is -0.466 e. The molecule has 0 aromatic rings. The molecule has 1 N–H and O–H groups in total. The number of piperidine rings is 1. The van der Waals surface area contributed by atoms with Crippen LogP contribution in [-0.2, 0) is 14.3 Å². The Balaban J connectivity index is 1.76. The van der Waals surface area contributed by atoms with Gasteiger partial charge in [0.2, 0.25) is 5.91 Å². The summed E-state index contributed by atoms with van der Waals surface area (Å²) < 4.78 is 5.13. The number of nitrogens with one attached hydrogen (secondary N) is 1. The van der Waals surface area contributed by atoms with Gasteiger partial charge in [0.25, 0.3) is 0 Å². The van der Waals surface area contributed by atoms with Crippen molar-refractivity contribution < 1.29 is 14.3 Å². The highest BCUT2D eigenvalue weighted by Gasteiger charge is 2.28. The molecule has 26 heavy (non-hydrogen) atoms. The summed E-state index contributed by atoms with van der Waals surface area (Å²) in [5.74, 6) is 1.11. The Morgan fingerprint density at radius 3 is 2.58 bits per heavy atom. The quantitative estimate of drug-likeness (QED) is 0.421. The second-order valence-electron chi connectivity index (χ2n) is 7.03. The van der Waals surface area contributed by atoms with Crippen LogP contribution in [-0.4, -0.2) is 73.5 Å². The molecule has 148 valence electrons. The van der Waals surface area contributed by atoms with Crippen molar-refractivity contribution in [3.8, 4) is 0 Å². The van der Waals surface area contributed by atoms with Gasteiger partial charge in [-0.2, -0.15) is 0 Å². The van der Waals surface area contributed by atoms with E-state index >= 15 is 0 Å². The number of carbonyl (C=O) groups excluding carboxylic acids is 2. The van der Waals surface area contributed by atoms with E-state index in [-0.39, 0.29) is 11.9 Å². The summed E-state index contributed by atoms with van der Waals surface area (Å²) >= 11 is 0. The van der Waals surface area contributed by atoms with E-state index in [1.54, 1.807) is 7.05 Å². The fraction of sp³-hybridized carbons (Fsp3) is 0.842. The van der Waals surface area contributed by atoms with Gasteiger partial charge < -0.3 is 19.9 Å². The molecule has 7 heteroatoms. The van der Waals surface area contributed by atoms with Crippen molar-refractivity contribution >= 4 is 17.8 Å². The van der Waals surface area contributed by atoms with Crippen LogP contribution in [0.5, 0.6) is 0 Å². The van der Waals surface area contributed by atoms with E-state index in [1.807, 2.05) is 11.8 Å². The molecule has 1 amide bonds. The number of esters is 1. The van der Waals surface area contributed by atoms with Gasteiger partial charge >= 0.3 is 5.97 Å². The number of carbonyl (C=O) groups is 2. The Bertz CT molecular complexity index is 501. The second kappa shape index (κ2) is 10.4. The third-order valence-electron chi connectivity index (χ3n) is 5.41. The van der Waals surface area contributed by atoms with E-state index in [1.165, 1.54) is 0 Å². The van der Waals surface area contributed by atoms with Crippen LogP contribution >= 0.6 is 0 Å². The zero-order valence-electron chi connectivity index (χ0n) is 16.5. The molecule has 0 aromatic heterocycles. The fourth-order valence-electron chi connectivity index (χ4n) is 3.91. The highest BCUT2D eigenvalue weighted by molar-refractivity contribution is 5.80. The van der Waals surface area contributed by atoms with E-state index in [0.29, 0.717) is 25.0 Å². The number of hydrogen-bond acceptors (Lipinski definition) is 4. The number of nitrogens with zero attached hydrogens (tertiary/aromatic N) is 3. The van der Waals surface area contributed by atoms with Gasteiger partial charge in [0, 0.05) is 45.7 Å². The van der Waals surface area contributed by atoms with E-state index in [2.05, 4.69) is 22.1 Å².